The molecule has 0 fully saturated rings. The zero-order valence-electron chi connectivity index (χ0n) is 30.7. The highest BCUT2D eigenvalue weighted by Crippen LogP contribution is 2.43. The minimum Gasteiger partial charge on any atom is -0.454 e. The quantitative estimate of drug-likeness (QED) is 0.184. The summed E-state index contributed by atoms with van der Waals surface area (Å²) < 4.78 is 11.7. The standard InChI is InChI=1S/C51H34N4OS/c1-3-13-31(14-4-1)49-52-50(32-15-5-2-6-16-32)54-51(53-49)34-26-28-46-41(29-34)40-21-11-19-35(48(40)57-46)33-25-27-38-39-20-12-24-44(47(39)56-45(38)30-33)55-42-22-9-7-17-36(42)37-18-8-10-23-43(37)55/h1-30,49-50,52H,(H,53,54). The zero-order valence-corrected chi connectivity index (χ0v) is 31.5. The van der Waals surface area contributed by atoms with Crippen LogP contribution in [0, 0.1) is 0 Å². The van der Waals surface area contributed by atoms with Crippen molar-refractivity contribution in [1.29, 1.82) is 0 Å². The second-order valence-corrected chi connectivity index (χ2v) is 15.8. The van der Waals surface area contributed by atoms with Gasteiger partial charge in [-0.2, -0.15) is 0 Å². The van der Waals surface area contributed by atoms with Crippen molar-refractivity contribution >= 4 is 81.1 Å². The Balaban J connectivity index is 0.961. The fraction of sp³-hybridized carbons (Fsp3) is 0.0392. The second-order valence-electron chi connectivity index (χ2n) is 14.8. The van der Waals surface area contributed by atoms with E-state index in [2.05, 4.69) is 191 Å². The monoisotopic (exact) mass is 750 g/mol. The molecule has 8 aromatic carbocycles. The van der Waals surface area contributed by atoms with Crippen LogP contribution in [0.5, 0.6) is 0 Å². The van der Waals surface area contributed by atoms with E-state index in [4.69, 9.17) is 9.41 Å². The molecule has 12 rings (SSSR count). The summed E-state index contributed by atoms with van der Waals surface area (Å²) in [5.74, 6) is 0.879. The van der Waals surface area contributed by atoms with Gasteiger partial charge >= 0.3 is 0 Å². The lowest BCUT2D eigenvalue weighted by atomic mass is 10.0. The van der Waals surface area contributed by atoms with Gasteiger partial charge in [0, 0.05) is 47.3 Å². The lowest BCUT2D eigenvalue weighted by Gasteiger charge is -2.32. The van der Waals surface area contributed by atoms with Gasteiger partial charge in [0.15, 0.2) is 5.58 Å². The highest BCUT2D eigenvalue weighted by Gasteiger charge is 2.26. The molecular formula is C51H34N4OS. The number of nitrogens with zero attached hydrogens (tertiary/aromatic N) is 2. The van der Waals surface area contributed by atoms with Crippen molar-refractivity contribution in [3.63, 3.8) is 0 Å². The molecule has 1 aliphatic heterocycles. The van der Waals surface area contributed by atoms with Crippen LogP contribution in [0.2, 0.25) is 0 Å². The maximum Gasteiger partial charge on any atom is 0.159 e. The van der Waals surface area contributed by atoms with Gasteiger partial charge in [-0.3, -0.25) is 5.32 Å². The van der Waals surface area contributed by atoms with Gasteiger partial charge in [0.2, 0.25) is 0 Å². The van der Waals surface area contributed by atoms with Crippen LogP contribution in [0.3, 0.4) is 0 Å². The van der Waals surface area contributed by atoms with Crippen molar-refractivity contribution in [2.24, 2.45) is 4.99 Å². The molecule has 270 valence electrons. The Morgan fingerprint density at radius 1 is 0.526 bits per heavy atom. The van der Waals surface area contributed by atoms with Crippen molar-refractivity contribution in [2.75, 3.05) is 0 Å². The number of aromatic nitrogens is 1. The number of rotatable bonds is 5. The predicted molar refractivity (Wildman–Crippen MR) is 238 cm³/mol. The molecule has 57 heavy (non-hydrogen) atoms. The third-order valence-corrected chi connectivity index (χ3v) is 12.7. The molecule has 0 spiro atoms. The van der Waals surface area contributed by atoms with Crippen molar-refractivity contribution in [2.45, 2.75) is 12.3 Å². The van der Waals surface area contributed by atoms with Gasteiger partial charge in [-0.1, -0.05) is 133 Å². The minimum atomic E-state index is -0.180. The molecule has 1 aliphatic rings. The molecule has 0 bridgehead atoms. The fourth-order valence-corrected chi connectivity index (χ4v) is 10.0. The molecule has 2 N–H and O–H groups in total. The van der Waals surface area contributed by atoms with Gasteiger partial charge in [-0.05, 0) is 70.8 Å². The number of thiophene rings is 1. The Bertz CT molecular complexity index is 3320. The third kappa shape index (κ3) is 5.15. The summed E-state index contributed by atoms with van der Waals surface area (Å²) in [5, 5.41) is 14.6. The van der Waals surface area contributed by atoms with Crippen molar-refractivity contribution in [3.05, 3.63) is 199 Å². The summed E-state index contributed by atoms with van der Waals surface area (Å²) in [4.78, 5) is 5.22. The van der Waals surface area contributed by atoms with E-state index in [1.54, 1.807) is 0 Å². The van der Waals surface area contributed by atoms with E-state index in [0.29, 0.717) is 0 Å². The first kappa shape index (κ1) is 32.3. The first-order valence-electron chi connectivity index (χ1n) is 19.4. The maximum atomic E-state index is 6.86. The molecule has 4 heterocycles. The van der Waals surface area contributed by atoms with Gasteiger partial charge in [0.25, 0.3) is 0 Å². The van der Waals surface area contributed by atoms with Crippen LogP contribution < -0.4 is 10.6 Å². The summed E-state index contributed by atoms with van der Waals surface area (Å²) in [6.45, 7) is 0. The number of benzene rings is 8. The lowest BCUT2D eigenvalue weighted by Crippen LogP contribution is -2.44. The highest BCUT2D eigenvalue weighted by molar-refractivity contribution is 7.26. The molecule has 0 saturated carbocycles. The first-order chi connectivity index (χ1) is 28.2. The Labute approximate surface area is 332 Å². The Morgan fingerprint density at radius 2 is 1.19 bits per heavy atom. The van der Waals surface area contributed by atoms with E-state index in [1.165, 1.54) is 53.1 Å². The molecule has 3 aromatic heterocycles. The van der Waals surface area contributed by atoms with Crippen LogP contribution in [0.25, 0.3) is 80.7 Å². The SMILES string of the molecule is c1ccc(C2N=C(c3ccc4sc5c(-c6ccc7c(c6)oc6c(-n8c9ccccc9c9ccccc98)cccc67)cccc5c4c3)NC(c3ccccc3)N2)cc1. The number of aliphatic imine (C=N–C) groups is 1. The molecule has 0 aliphatic carbocycles. The molecule has 0 saturated heterocycles. The average Bonchev–Trinajstić information content (AvgIpc) is 3.96. The molecule has 0 amide bonds. The summed E-state index contributed by atoms with van der Waals surface area (Å²) in [5.41, 5.74) is 10.9. The van der Waals surface area contributed by atoms with E-state index in [9.17, 15) is 0 Å². The number of fused-ring (bicyclic) bond motifs is 9. The summed E-state index contributed by atoms with van der Waals surface area (Å²) in [7, 11) is 0. The Kier molecular flexibility index (Phi) is 7.24. The predicted octanol–water partition coefficient (Wildman–Crippen LogP) is 13.1. The van der Waals surface area contributed by atoms with Crippen LogP contribution in [0.1, 0.15) is 29.0 Å². The smallest absolute Gasteiger partial charge is 0.159 e. The van der Waals surface area contributed by atoms with E-state index in [1.807, 2.05) is 17.4 Å². The molecule has 11 aromatic rings. The Morgan fingerprint density at radius 3 is 1.98 bits per heavy atom. The molecule has 2 unspecified atom stereocenters. The minimum absolute atomic E-state index is 0.0864. The number of amidine groups is 1. The van der Waals surface area contributed by atoms with Crippen LogP contribution in [0.15, 0.2) is 191 Å². The molecular weight excluding hydrogens is 717 g/mol. The normalized spacial score (nSPS) is 15.9. The van der Waals surface area contributed by atoms with E-state index in [0.717, 1.165) is 50.2 Å². The van der Waals surface area contributed by atoms with Crippen LogP contribution in [-0.2, 0) is 0 Å². The van der Waals surface area contributed by atoms with Gasteiger partial charge in [-0.15, -0.1) is 11.3 Å². The van der Waals surface area contributed by atoms with Gasteiger partial charge in [0.1, 0.15) is 23.8 Å². The molecule has 0 radical (unpaired) electrons. The van der Waals surface area contributed by atoms with Gasteiger partial charge < -0.3 is 14.3 Å². The highest BCUT2D eigenvalue weighted by atomic mass is 32.1. The molecule has 5 nitrogen and oxygen atoms in total. The topological polar surface area (TPSA) is 54.5 Å². The molecule has 6 heteroatoms. The second kappa shape index (κ2) is 12.8. The van der Waals surface area contributed by atoms with Gasteiger partial charge in [0.05, 0.1) is 16.7 Å². The number of hydrogen-bond acceptors (Lipinski definition) is 5. The number of para-hydroxylation sites is 3. The largest absolute Gasteiger partial charge is 0.454 e. The zero-order chi connectivity index (χ0) is 37.5. The van der Waals surface area contributed by atoms with E-state index in [-0.39, 0.29) is 12.3 Å². The van der Waals surface area contributed by atoms with E-state index < -0.39 is 0 Å². The van der Waals surface area contributed by atoms with Crippen molar-refractivity contribution < 1.29 is 4.42 Å². The van der Waals surface area contributed by atoms with Crippen LogP contribution in [-0.4, -0.2) is 10.4 Å². The van der Waals surface area contributed by atoms with Crippen LogP contribution >= 0.6 is 11.3 Å². The summed E-state index contributed by atoms with van der Waals surface area (Å²) in [6.07, 6.45) is -0.267. The number of nitrogens with one attached hydrogen (secondary N) is 2. The lowest BCUT2D eigenvalue weighted by molar-refractivity contribution is 0.409. The fourth-order valence-electron chi connectivity index (χ4n) is 8.81. The van der Waals surface area contributed by atoms with Crippen molar-refractivity contribution in [1.82, 2.24) is 15.2 Å². The average molecular weight is 751 g/mol. The maximum absolute atomic E-state index is 6.86. The Hall–Kier alpha value is -6.99. The van der Waals surface area contributed by atoms with Gasteiger partial charge in [-0.25, -0.2) is 4.99 Å². The first-order valence-corrected chi connectivity index (χ1v) is 20.2. The third-order valence-electron chi connectivity index (χ3n) is 11.5. The van der Waals surface area contributed by atoms with Crippen LogP contribution in [0.4, 0.5) is 0 Å². The van der Waals surface area contributed by atoms with Crippen molar-refractivity contribution in [3.8, 4) is 16.8 Å². The number of hydrogen-bond donors (Lipinski definition) is 2. The van der Waals surface area contributed by atoms with E-state index >= 15 is 0 Å². The molecule has 2 atom stereocenters. The number of furan rings is 1. The summed E-state index contributed by atoms with van der Waals surface area (Å²) >= 11 is 1.84. The summed E-state index contributed by atoms with van der Waals surface area (Å²) in [6, 6.07) is 64.8.